The van der Waals surface area contributed by atoms with Crippen LogP contribution in [-0.4, -0.2) is 94.9 Å². The maximum absolute atomic E-state index is 2.59. The van der Waals surface area contributed by atoms with Gasteiger partial charge in [0.15, 0.2) is 25.5 Å². The molecule has 2 aromatic heterocycles. The molecule has 1 saturated carbocycles. The quantitative estimate of drug-likeness (QED) is 0.0649. The monoisotopic (exact) mass is 726 g/mol. The average Bonchev–Trinajstić information content (AvgIpc) is 3.87. The second-order valence-corrected chi connectivity index (χ2v) is 17.8. The first-order valence-corrected chi connectivity index (χ1v) is 21.2. The van der Waals surface area contributed by atoms with E-state index in [2.05, 4.69) is 182 Å². The molecule has 0 bridgehead atoms. The molecule has 0 amide bonds. The number of rotatable bonds is 21. The van der Waals surface area contributed by atoms with Crippen LogP contribution in [-0.2, 0) is 13.1 Å². The second kappa shape index (κ2) is 19.1. The van der Waals surface area contributed by atoms with Gasteiger partial charge in [-0.05, 0) is 61.0 Å². The third-order valence-corrected chi connectivity index (χ3v) is 12.5. The third-order valence-electron chi connectivity index (χ3n) is 10.1. The van der Waals surface area contributed by atoms with E-state index in [4.69, 9.17) is 0 Å². The van der Waals surface area contributed by atoms with Gasteiger partial charge < -0.3 is 14.7 Å². The first-order valence-electron chi connectivity index (χ1n) is 18.8. The van der Waals surface area contributed by atoms with Crippen molar-refractivity contribution in [1.82, 2.24) is 4.90 Å². The fourth-order valence-corrected chi connectivity index (χ4v) is 8.76. The molecule has 51 heavy (non-hydrogen) atoms. The summed E-state index contributed by atoms with van der Waals surface area (Å²) in [7, 11) is 17.4. The Hall–Kier alpha value is -3.14. The highest BCUT2D eigenvalue weighted by Gasteiger charge is 2.54. The summed E-state index contributed by atoms with van der Waals surface area (Å²) in [4.78, 5) is 4.93. The number of pyridine rings is 2. The normalized spacial score (nSPS) is 18.5. The smallest absolute Gasteiger partial charge is 0.205 e. The summed E-state index contributed by atoms with van der Waals surface area (Å²) < 4.78 is 5.77. The number of hydrogen-bond acceptors (Lipinski definition) is 4. The predicted molar refractivity (Wildman–Crippen MR) is 221 cm³/mol. The lowest BCUT2D eigenvalue weighted by Gasteiger charge is -2.30. The molecule has 0 spiro atoms. The molecule has 1 fully saturated rings. The molecule has 6 nitrogen and oxygen atoms in total. The third kappa shape index (κ3) is 11.9. The summed E-state index contributed by atoms with van der Waals surface area (Å²) in [6.07, 6.45) is 24.4. The summed E-state index contributed by atoms with van der Waals surface area (Å²) in [5.41, 5.74) is 6.57. The van der Waals surface area contributed by atoms with Gasteiger partial charge in [-0.2, -0.15) is 9.13 Å². The Morgan fingerprint density at radius 2 is 1.47 bits per heavy atom. The van der Waals surface area contributed by atoms with E-state index in [-0.39, 0.29) is 5.54 Å². The van der Waals surface area contributed by atoms with Gasteiger partial charge in [0, 0.05) is 86.5 Å². The zero-order valence-corrected chi connectivity index (χ0v) is 33.6. The topological polar surface area (TPSA) is 30.9 Å². The van der Waals surface area contributed by atoms with Crippen molar-refractivity contribution in [3.63, 3.8) is 0 Å². The van der Waals surface area contributed by atoms with E-state index in [0.29, 0.717) is 5.92 Å². The molecule has 2 N–H and O–H groups in total. The highest BCUT2D eigenvalue weighted by atomic mass is 33.1. The van der Waals surface area contributed by atoms with Crippen LogP contribution in [0.15, 0.2) is 103 Å². The van der Waals surface area contributed by atoms with Gasteiger partial charge in [0.2, 0.25) is 11.4 Å². The van der Waals surface area contributed by atoms with E-state index in [0.717, 1.165) is 42.2 Å². The highest BCUT2D eigenvalue weighted by molar-refractivity contribution is 8.76. The average molecular weight is 727 g/mol. The Morgan fingerprint density at radius 3 is 2.08 bits per heavy atom. The van der Waals surface area contributed by atoms with Crippen LogP contribution in [0.1, 0.15) is 36.2 Å². The van der Waals surface area contributed by atoms with Gasteiger partial charge in [-0.25, -0.2) is 0 Å². The molecule has 272 valence electrons. The first-order chi connectivity index (χ1) is 24.7. The lowest BCUT2D eigenvalue weighted by molar-refractivity contribution is -0.870. The van der Waals surface area contributed by atoms with Gasteiger partial charge in [0.05, 0.1) is 52.8 Å². The van der Waals surface area contributed by atoms with Crippen LogP contribution < -0.4 is 19.4 Å². The van der Waals surface area contributed by atoms with Crippen molar-refractivity contribution in [2.45, 2.75) is 37.9 Å². The molecule has 0 aliphatic heterocycles. The minimum Gasteiger partial charge on any atom is -0.374 e. The number of hydrogen-bond donors (Lipinski definition) is 1. The van der Waals surface area contributed by atoms with Crippen LogP contribution in [0.5, 0.6) is 0 Å². The van der Waals surface area contributed by atoms with Crippen molar-refractivity contribution >= 4 is 45.5 Å². The Morgan fingerprint density at radius 1 is 0.824 bits per heavy atom. The van der Waals surface area contributed by atoms with Crippen LogP contribution in [0.3, 0.4) is 0 Å². The van der Waals surface area contributed by atoms with E-state index in [1.807, 2.05) is 21.6 Å². The molecule has 0 saturated heterocycles. The largest absolute Gasteiger partial charge is 0.374 e. The van der Waals surface area contributed by atoms with Gasteiger partial charge >= 0.3 is 0 Å². The molecule has 2 unspecified atom stereocenters. The summed E-state index contributed by atoms with van der Waals surface area (Å²) in [5, 5.41) is 2.24. The lowest BCUT2D eigenvalue weighted by atomic mass is 10.0. The van der Waals surface area contributed by atoms with Gasteiger partial charge in [-0.1, -0.05) is 51.9 Å². The van der Waals surface area contributed by atoms with E-state index in [1.165, 1.54) is 60.6 Å². The first kappa shape index (κ1) is 39.1. The SMILES string of the molecule is C[NH2+]CCCN(C)c1ccc(C=Cc2cccc[n+]2CCSSCC[n+]2ccccc2C=CC2=CC3CC3(N(C)CCC[N+](C)(C)C)C=C2)cc1. The Labute approximate surface area is 316 Å². The van der Waals surface area contributed by atoms with Gasteiger partial charge in [-0.3, -0.25) is 4.90 Å². The molecular formula is C43H62N6S2+4. The fourth-order valence-electron chi connectivity index (χ4n) is 6.83. The van der Waals surface area contributed by atoms with E-state index >= 15 is 0 Å². The Balaban J connectivity index is 1.04. The molecule has 2 aliphatic rings. The summed E-state index contributed by atoms with van der Waals surface area (Å²) in [5.74, 6) is 2.78. The molecule has 2 atom stereocenters. The number of fused-ring (bicyclic) bond motifs is 1. The Bertz CT molecular complexity index is 1660. The van der Waals surface area contributed by atoms with Crippen molar-refractivity contribution in [2.75, 3.05) is 84.9 Å². The molecular weight excluding hydrogens is 665 g/mol. The number of nitrogens with zero attached hydrogens (tertiary/aromatic N) is 5. The van der Waals surface area contributed by atoms with E-state index in [9.17, 15) is 0 Å². The van der Waals surface area contributed by atoms with Gasteiger partial charge in [-0.15, -0.1) is 0 Å². The number of quaternary nitrogens is 2. The summed E-state index contributed by atoms with van der Waals surface area (Å²) >= 11 is 0. The van der Waals surface area contributed by atoms with Crippen molar-refractivity contribution in [3.8, 4) is 0 Å². The van der Waals surface area contributed by atoms with Crippen LogP contribution in [0.25, 0.3) is 18.2 Å². The number of likely N-dealkylation sites (N-methyl/N-ethyl adjacent to an activating group) is 1. The summed E-state index contributed by atoms with van der Waals surface area (Å²) in [6, 6.07) is 21.9. The molecule has 3 aromatic rings. The highest BCUT2D eigenvalue weighted by Crippen LogP contribution is 2.53. The molecule has 5 rings (SSSR count). The number of allylic oxidation sites excluding steroid dienone is 3. The van der Waals surface area contributed by atoms with Crippen molar-refractivity contribution in [2.24, 2.45) is 5.92 Å². The molecule has 0 radical (unpaired) electrons. The zero-order valence-electron chi connectivity index (χ0n) is 32.0. The molecule has 1 aromatic carbocycles. The number of aromatic nitrogens is 2. The van der Waals surface area contributed by atoms with Crippen LogP contribution in [0.4, 0.5) is 5.69 Å². The van der Waals surface area contributed by atoms with E-state index < -0.39 is 0 Å². The number of benzene rings is 1. The lowest BCUT2D eigenvalue weighted by Crippen LogP contribution is -2.79. The minimum absolute atomic E-state index is 0.248. The van der Waals surface area contributed by atoms with Crippen LogP contribution >= 0.6 is 21.6 Å². The predicted octanol–water partition coefficient (Wildman–Crippen LogP) is 5.83. The minimum atomic E-state index is 0.248. The van der Waals surface area contributed by atoms with Crippen LogP contribution in [0.2, 0.25) is 0 Å². The van der Waals surface area contributed by atoms with E-state index in [1.54, 1.807) is 0 Å². The number of anilines is 1. The fraction of sp³-hybridized carbons (Fsp3) is 0.442. The van der Waals surface area contributed by atoms with Gasteiger partial charge in [0.1, 0.15) is 0 Å². The van der Waals surface area contributed by atoms with Crippen molar-refractivity contribution in [3.05, 3.63) is 120 Å². The van der Waals surface area contributed by atoms with Crippen molar-refractivity contribution in [1.29, 1.82) is 0 Å². The van der Waals surface area contributed by atoms with Crippen LogP contribution in [0, 0.1) is 5.92 Å². The van der Waals surface area contributed by atoms with Crippen molar-refractivity contribution < 1.29 is 18.9 Å². The molecule has 2 aliphatic carbocycles. The maximum Gasteiger partial charge on any atom is 0.205 e. The zero-order chi connectivity index (χ0) is 36.1. The second-order valence-electron chi connectivity index (χ2n) is 15.1. The maximum atomic E-state index is 2.59. The number of aryl methyl sites for hydroxylation is 2. The Kier molecular flexibility index (Phi) is 14.6. The molecule has 8 heteroatoms. The molecule has 2 heterocycles. The summed E-state index contributed by atoms with van der Waals surface area (Å²) in [6.45, 7) is 6.60. The number of nitrogens with two attached hydrogens (primary N) is 1. The standard InChI is InChI=1S/C43H61N6S2/c1-44-25-11-26-45(2)40-19-15-37(16-20-40)17-21-41-13-7-9-28-47(41)30-33-50-51-34-31-48-29-10-8-14-42(48)22-18-38-23-24-43(36-39(43)35-38)46(3)27-12-32-49(4,5)6/h7-10,13-24,28-29,35,39,44H,11-12,25-27,30-34,36H2,1-6H3/q+3/p+1. The van der Waals surface area contributed by atoms with Gasteiger partial charge in [0.25, 0.3) is 0 Å².